The average Bonchev–Trinajstić information content (AvgIpc) is 3.05. The number of ether oxygens (including phenoxy) is 2. The van der Waals surface area contributed by atoms with Crippen LogP contribution in [-0.4, -0.2) is 62.1 Å². The Kier molecular flexibility index (Phi) is 7.32. The number of aliphatic hydroxyl groups excluding tert-OH is 1. The smallest absolute Gasteiger partial charge is 0.357 e. The first-order valence-electron chi connectivity index (χ1n) is 10.7. The highest BCUT2D eigenvalue weighted by atomic mass is 32.2. The van der Waals surface area contributed by atoms with Crippen molar-refractivity contribution in [1.82, 2.24) is 14.5 Å². The van der Waals surface area contributed by atoms with Crippen molar-refractivity contribution in [3.8, 4) is 0 Å². The third kappa shape index (κ3) is 5.14. The predicted molar refractivity (Wildman–Crippen MR) is 119 cm³/mol. The summed E-state index contributed by atoms with van der Waals surface area (Å²) >= 11 is 1.27. The van der Waals surface area contributed by atoms with E-state index >= 15 is 0 Å². The molecule has 3 atom stereocenters. The molecule has 1 N–H and O–H groups in total. The van der Waals surface area contributed by atoms with Crippen molar-refractivity contribution in [2.24, 2.45) is 11.3 Å². The number of aromatic nitrogens is 2. The van der Waals surface area contributed by atoms with Gasteiger partial charge in [0, 0.05) is 18.5 Å². The molecule has 1 amide bonds. The van der Waals surface area contributed by atoms with Crippen LogP contribution >= 0.6 is 11.8 Å². The summed E-state index contributed by atoms with van der Waals surface area (Å²) in [4.78, 5) is 54.7. The zero-order valence-electron chi connectivity index (χ0n) is 19.4. The topological polar surface area (TPSA) is 128 Å². The number of amides is 1. The van der Waals surface area contributed by atoms with Crippen molar-refractivity contribution in [1.29, 1.82) is 0 Å². The van der Waals surface area contributed by atoms with Crippen molar-refractivity contribution in [2.45, 2.75) is 64.8 Å². The van der Waals surface area contributed by atoms with E-state index in [1.54, 1.807) is 40.0 Å². The van der Waals surface area contributed by atoms with Crippen LogP contribution in [0.2, 0.25) is 0 Å². The third-order valence-electron chi connectivity index (χ3n) is 5.59. The zero-order valence-corrected chi connectivity index (χ0v) is 20.2. The number of thioether (sulfide) groups is 1. The van der Waals surface area contributed by atoms with E-state index in [9.17, 15) is 24.3 Å². The van der Waals surface area contributed by atoms with Gasteiger partial charge in [0.2, 0.25) is 12.7 Å². The van der Waals surface area contributed by atoms with E-state index in [0.717, 1.165) is 0 Å². The summed E-state index contributed by atoms with van der Waals surface area (Å²) in [7, 11) is 0. The van der Waals surface area contributed by atoms with Crippen molar-refractivity contribution in [2.75, 3.05) is 12.5 Å². The van der Waals surface area contributed by atoms with E-state index in [4.69, 9.17) is 9.47 Å². The van der Waals surface area contributed by atoms with Crippen LogP contribution in [0, 0.1) is 11.3 Å². The molecule has 180 valence electrons. The van der Waals surface area contributed by atoms with E-state index in [-0.39, 0.29) is 23.3 Å². The molecule has 1 aromatic heterocycles. The van der Waals surface area contributed by atoms with Crippen LogP contribution in [0.25, 0.3) is 0 Å². The van der Waals surface area contributed by atoms with Gasteiger partial charge >= 0.3 is 17.6 Å². The SMILES string of the molecule is CCn1ccc(SCC2=C(C(=O)OCOC(=O)C(C)(C)C)N3C(=O)[C@H]([C@@H](C)O)[C@H]3C2)nc1=O. The Morgan fingerprint density at radius 2 is 2.00 bits per heavy atom. The molecule has 1 aromatic rings. The van der Waals surface area contributed by atoms with E-state index in [2.05, 4.69) is 4.98 Å². The van der Waals surface area contributed by atoms with Gasteiger partial charge < -0.3 is 19.5 Å². The van der Waals surface area contributed by atoms with E-state index in [0.29, 0.717) is 29.3 Å². The maximum Gasteiger partial charge on any atom is 0.357 e. The second-order valence-corrected chi connectivity index (χ2v) is 10.0. The summed E-state index contributed by atoms with van der Waals surface area (Å²) in [6.07, 6.45) is 1.20. The molecular formula is C22H29N3O7S. The normalized spacial score (nSPS) is 20.9. The number of esters is 2. The summed E-state index contributed by atoms with van der Waals surface area (Å²) in [5.74, 6) is -1.94. The van der Waals surface area contributed by atoms with Crippen molar-refractivity contribution >= 4 is 29.6 Å². The Balaban J connectivity index is 1.75. The van der Waals surface area contributed by atoms with E-state index < -0.39 is 36.2 Å². The molecule has 0 saturated carbocycles. The molecule has 3 rings (SSSR count). The largest absolute Gasteiger partial charge is 0.427 e. The summed E-state index contributed by atoms with van der Waals surface area (Å²) in [5.41, 5.74) is -0.363. The van der Waals surface area contributed by atoms with Gasteiger partial charge in [-0.1, -0.05) is 0 Å². The van der Waals surface area contributed by atoms with Crippen LogP contribution < -0.4 is 5.69 Å². The minimum atomic E-state index is -0.848. The number of hydrogen-bond acceptors (Lipinski definition) is 9. The molecule has 1 fully saturated rings. The van der Waals surface area contributed by atoms with Crippen LogP contribution in [0.3, 0.4) is 0 Å². The minimum absolute atomic E-state index is 0.100. The van der Waals surface area contributed by atoms with Crippen LogP contribution in [0.4, 0.5) is 0 Å². The lowest BCUT2D eigenvalue weighted by Gasteiger charge is -2.44. The highest BCUT2D eigenvalue weighted by molar-refractivity contribution is 7.99. The van der Waals surface area contributed by atoms with Crippen LogP contribution in [0.5, 0.6) is 0 Å². The average molecular weight is 480 g/mol. The van der Waals surface area contributed by atoms with Crippen LogP contribution in [0.1, 0.15) is 41.0 Å². The number of β-lactam (4-membered cyclic amide) rings is 1. The third-order valence-corrected chi connectivity index (χ3v) is 6.61. The standard InChI is InChI=1S/C22H29N3O7S/c1-6-24-8-7-15(23-21(24)30)33-10-13-9-14-16(12(2)26)18(27)25(14)17(13)19(28)31-11-32-20(29)22(3,4)5/h7-8,12,14,16,26H,6,9-11H2,1-5H3/t12-,14-,16-/m1/s1. The van der Waals surface area contributed by atoms with Gasteiger partial charge in [0.15, 0.2) is 0 Å². The van der Waals surface area contributed by atoms with Crippen LogP contribution in [-0.2, 0) is 30.4 Å². The van der Waals surface area contributed by atoms with Gasteiger partial charge in [0.05, 0.1) is 23.5 Å². The fourth-order valence-electron chi connectivity index (χ4n) is 3.80. The van der Waals surface area contributed by atoms with Gasteiger partial charge in [0.25, 0.3) is 0 Å². The monoisotopic (exact) mass is 479 g/mol. The number of hydrogen-bond donors (Lipinski definition) is 1. The number of aliphatic hydroxyl groups is 1. The molecule has 33 heavy (non-hydrogen) atoms. The van der Waals surface area contributed by atoms with Gasteiger partial charge in [0.1, 0.15) is 10.7 Å². The molecule has 11 heteroatoms. The lowest BCUT2D eigenvalue weighted by atomic mass is 9.83. The number of aryl methyl sites for hydroxylation is 1. The quantitative estimate of drug-likeness (QED) is 0.193. The lowest BCUT2D eigenvalue weighted by molar-refractivity contribution is -0.175. The molecule has 0 radical (unpaired) electrons. The summed E-state index contributed by atoms with van der Waals surface area (Å²) in [6.45, 7) is 8.37. The molecule has 0 spiro atoms. The molecule has 2 aliphatic rings. The fourth-order valence-corrected chi connectivity index (χ4v) is 4.67. The van der Waals surface area contributed by atoms with Crippen molar-refractivity contribution < 1.29 is 29.0 Å². The van der Waals surface area contributed by atoms with Gasteiger partial charge in [-0.15, -0.1) is 11.8 Å². The Morgan fingerprint density at radius 1 is 1.30 bits per heavy atom. The number of nitrogens with zero attached hydrogens (tertiary/aromatic N) is 3. The second-order valence-electron chi connectivity index (χ2n) is 9.05. The van der Waals surface area contributed by atoms with E-state index in [1.807, 2.05) is 6.92 Å². The first-order valence-corrected chi connectivity index (χ1v) is 11.7. The molecule has 1 saturated heterocycles. The minimum Gasteiger partial charge on any atom is -0.427 e. The van der Waals surface area contributed by atoms with Crippen LogP contribution in [0.15, 0.2) is 33.4 Å². The van der Waals surface area contributed by atoms with Crippen molar-refractivity contribution in [3.05, 3.63) is 34.0 Å². The molecular weight excluding hydrogens is 450 g/mol. The molecule has 0 bridgehead atoms. The number of carbonyl (C=O) groups excluding carboxylic acids is 3. The summed E-state index contributed by atoms with van der Waals surface area (Å²) in [5, 5.41) is 10.5. The number of rotatable bonds is 8. The Bertz CT molecular complexity index is 1040. The summed E-state index contributed by atoms with van der Waals surface area (Å²) < 4.78 is 11.6. The zero-order chi connectivity index (χ0) is 24.5. The highest BCUT2D eigenvalue weighted by Gasteiger charge is 2.56. The first kappa shape index (κ1) is 25.0. The fraction of sp³-hybridized carbons (Fsp3) is 0.591. The van der Waals surface area contributed by atoms with E-state index in [1.165, 1.54) is 21.2 Å². The Hall–Kier alpha value is -2.66. The predicted octanol–water partition coefficient (Wildman–Crippen LogP) is 1.31. The van der Waals surface area contributed by atoms with Gasteiger partial charge in [-0.2, -0.15) is 4.98 Å². The van der Waals surface area contributed by atoms with Gasteiger partial charge in [-0.25, -0.2) is 9.59 Å². The Labute approximate surface area is 195 Å². The summed E-state index contributed by atoms with van der Waals surface area (Å²) in [6, 6.07) is 1.38. The lowest BCUT2D eigenvalue weighted by Crippen LogP contribution is -2.61. The number of carbonyl (C=O) groups is 3. The maximum absolute atomic E-state index is 12.8. The number of fused-ring (bicyclic) bond motifs is 1. The van der Waals surface area contributed by atoms with Crippen molar-refractivity contribution in [3.63, 3.8) is 0 Å². The molecule has 10 nitrogen and oxygen atoms in total. The molecule has 0 aromatic carbocycles. The highest BCUT2D eigenvalue weighted by Crippen LogP contribution is 2.45. The molecule has 0 aliphatic carbocycles. The first-order chi connectivity index (χ1) is 15.5. The second kappa shape index (κ2) is 9.68. The molecule has 3 heterocycles. The van der Waals surface area contributed by atoms with Gasteiger partial charge in [-0.3, -0.25) is 14.2 Å². The molecule has 2 aliphatic heterocycles. The van der Waals surface area contributed by atoms with Gasteiger partial charge in [-0.05, 0) is 52.7 Å². The maximum atomic E-state index is 12.8. The Morgan fingerprint density at radius 3 is 2.58 bits per heavy atom. The molecule has 0 unspecified atom stereocenters.